The lowest BCUT2D eigenvalue weighted by Crippen LogP contribution is -2.47. The molecule has 1 aromatic rings. The van der Waals surface area contributed by atoms with Gasteiger partial charge in [0.25, 0.3) is 0 Å². The maximum Gasteiger partial charge on any atom is 0.233 e. The lowest BCUT2D eigenvalue weighted by Gasteiger charge is -2.28. The zero-order valence-corrected chi connectivity index (χ0v) is 11.7. The fraction of sp³-hybridized carbons (Fsp3) is 0.538. The Morgan fingerprint density at radius 2 is 2.26 bits per heavy atom. The molecule has 1 aliphatic rings. The number of amides is 1. The van der Waals surface area contributed by atoms with Gasteiger partial charge in [0.05, 0.1) is 31.1 Å². The predicted molar refractivity (Wildman–Crippen MR) is 73.0 cm³/mol. The van der Waals surface area contributed by atoms with E-state index in [1.165, 1.54) is 11.8 Å². The van der Waals surface area contributed by atoms with Crippen LogP contribution >= 0.6 is 11.8 Å². The maximum atomic E-state index is 12.2. The lowest BCUT2D eigenvalue weighted by molar-refractivity contribution is -0.132. The second-order valence-electron chi connectivity index (χ2n) is 4.32. The van der Waals surface area contributed by atoms with Gasteiger partial charge < -0.3 is 14.7 Å². The molecule has 104 valence electrons. The van der Waals surface area contributed by atoms with Crippen LogP contribution < -0.4 is 0 Å². The summed E-state index contributed by atoms with van der Waals surface area (Å²) in [6.45, 7) is 3.23. The van der Waals surface area contributed by atoms with Gasteiger partial charge in [-0.25, -0.2) is 0 Å². The van der Waals surface area contributed by atoms with Crippen LogP contribution in [0.1, 0.15) is 6.92 Å². The lowest BCUT2D eigenvalue weighted by atomic mass is 10.2. The van der Waals surface area contributed by atoms with Gasteiger partial charge in [-0.05, 0) is 19.1 Å². The van der Waals surface area contributed by atoms with E-state index >= 15 is 0 Å². The highest BCUT2D eigenvalue weighted by atomic mass is 32.2. The van der Waals surface area contributed by atoms with Crippen LogP contribution in [-0.4, -0.2) is 58.6 Å². The summed E-state index contributed by atoms with van der Waals surface area (Å²) < 4.78 is 5.21. The van der Waals surface area contributed by atoms with Crippen molar-refractivity contribution in [1.29, 1.82) is 0 Å². The summed E-state index contributed by atoms with van der Waals surface area (Å²) in [6.07, 6.45) is 2.84. The second kappa shape index (κ2) is 6.88. The summed E-state index contributed by atoms with van der Waals surface area (Å²) in [7, 11) is 0. The summed E-state index contributed by atoms with van der Waals surface area (Å²) in [5, 5.41) is 9.79. The van der Waals surface area contributed by atoms with Crippen molar-refractivity contribution in [3.63, 3.8) is 0 Å². The molecule has 1 aliphatic heterocycles. The van der Waals surface area contributed by atoms with Gasteiger partial charge in [0.1, 0.15) is 0 Å². The molecule has 1 N–H and O–H groups in total. The second-order valence-corrected chi connectivity index (χ2v) is 5.37. The Morgan fingerprint density at radius 1 is 1.53 bits per heavy atom. The zero-order chi connectivity index (χ0) is 13.7. The van der Waals surface area contributed by atoms with E-state index in [9.17, 15) is 9.90 Å². The van der Waals surface area contributed by atoms with Crippen LogP contribution in [0, 0.1) is 0 Å². The molecule has 2 heterocycles. The first-order valence-corrected chi connectivity index (χ1v) is 7.29. The van der Waals surface area contributed by atoms with Crippen LogP contribution in [-0.2, 0) is 9.53 Å². The summed E-state index contributed by atoms with van der Waals surface area (Å²) in [5.74, 6) is 0.389. The third-order valence-electron chi connectivity index (χ3n) is 3.09. The standard InChI is InChI=1S/C13H18N2O3S/c1-2-15(11-7-18-8-12(11)16)13(17)9-19-10-3-5-14-6-4-10/h3-6,11-12,16H,2,7-9H2,1H3/t11-,12-/m0/s1. The Hall–Kier alpha value is -1.11. The maximum absolute atomic E-state index is 12.2. The molecule has 1 saturated heterocycles. The number of thioether (sulfide) groups is 1. The molecular weight excluding hydrogens is 264 g/mol. The number of hydrogen-bond donors (Lipinski definition) is 1. The van der Waals surface area contributed by atoms with E-state index in [0.29, 0.717) is 25.5 Å². The molecule has 19 heavy (non-hydrogen) atoms. The average Bonchev–Trinajstić information content (AvgIpc) is 2.85. The van der Waals surface area contributed by atoms with Gasteiger partial charge in [-0.1, -0.05) is 0 Å². The number of aliphatic hydroxyl groups excluding tert-OH is 1. The number of nitrogens with zero attached hydrogens (tertiary/aromatic N) is 2. The minimum Gasteiger partial charge on any atom is -0.388 e. The predicted octanol–water partition coefficient (Wildman–Crippen LogP) is 0.782. The molecular formula is C13H18N2O3S. The van der Waals surface area contributed by atoms with Gasteiger partial charge in [-0.3, -0.25) is 9.78 Å². The largest absolute Gasteiger partial charge is 0.388 e. The molecule has 2 atom stereocenters. The Morgan fingerprint density at radius 3 is 2.84 bits per heavy atom. The SMILES string of the molecule is CCN(C(=O)CSc1ccncc1)[C@H]1COC[C@@H]1O. The molecule has 0 bridgehead atoms. The third-order valence-corrected chi connectivity index (χ3v) is 4.09. The molecule has 0 saturated carbocycles. The van der Waals surface area contributed by atoms with Crippen molar-refractivity contribution in [3.05, 3.63) is 24.5 Å². The third kappa shape index (κ3) is 3.68. The van der Waals surface area contributed by atoms with Gasteiger partial charge in [0.15, 0.2) is 0 Å². The number of carbonyl (C=O) groups excluding carboxylic acids is 1. The minimum absolute atomic E-state index is 0.0267. The number of rotatable bonds is 5. The number of aromatic nitrogens is 1. The van der Waals surface area contributed by atoms with Crippen LogP contribution in [0.3, 0.4) is 0 Å². The van der Waals surface area contributed by atoms with Crippen LogP contribution in [0.4, 0.5) is 0 Å². The number of aliphatic hydroxyl groups is 1. The van der Waals surface area contributed by atoms with E-state index in [0.717, 1.165) is 4.90 Å². The monoisotopic (exact) mass is 282 g/mol. The van der Waals surface area contributed by atoms with E-state index < -0.39 is 6.10 Å². The molecule has 0 radical (unpaired) electrons. The van der Waals surface area contributed by atoms with E-state index in [4.69, 9.17) is 4.74 Å². The summed E-state index contributed by atoms with van der Waals surface area (Å²) >= 11 is 1.48. The smallest absolute Gasteiger partial charge is 0.233 e. The molecule has 0 spiro atoms. The molecule has 5 nitrogen and oxygen atoms in total. The topological polar surface area (TPSA) is 62.7 Å². The molecule has 1 amide bonds. The van der Waals surface area contributed by atoms with Crippen LogP contribution in [0.2, 0.25) is 0 Å². The number of carbonyl (C=O) groups is 1. The molecule has 6 heteroatoms. The fourth-order valence-corrected chi connectivity index (χ4v) is 2.86. The number of likely N-dealkylation sites (N-methyl/N-ethyl adjacent to an activating group) is 1. The Labute approximate surface area is 117 Å². The minimum atomic E-state index is -0.574. The quantitative estimate of drug-likeness (QED) is 0.809. The summed E-state index contributed by atoms with van der Waals surface area (Å²) in [6, 6.07) is 3.54. The highest BCUT2D eigenvalue weighted by Crippen LogP contribution is 2.19. The van der Waals surface area contributed by atoms with Crippen molar-refractivity contribution in [2.24, 2.45) is 0 Å². The van der Waals surface area contributed by atoms with Crippen molar-refractivity contribution in [2.75, 3.05) is 25.5 Å². The molecule has 1 fully saturated rings. The zero-order valence-electron chi connectivity index (χ0n) is 10.9. The van der Waals surface area contributed by atoms with Gasteiger partial charge in [-0.2, -0.15) is 0 Å². The molecule has 0 aromatic carbocycles. The van der Waals surface area contributed by atoms with Crippen LogP contribution in [0.5, 0.6) is 0 Å². The highest BCUT2D eigenvalue weighted by Gasteiger charge is 2.33. The van der Waals surface area contributed by atoms with E-state index in [-0.39, 0.29) is 11.9 Å². The van der Waals surface area contributed by atoms with Crippen LogP contribution in [0.15, 0.2) is 29.4 Å². The first-order chi connectivity index (χ1) is 9.22. The number of hydrogen-bond acceptors (Lipinski definition) is 5. The van der Waals surface area contributed by atoms with E-state index in [1.807, 2.05) is 19.1 Å². The Bertz CT molecular complexity index is 416. The first kappa shape index (κ1) is 14.3. The normalized spacial score (nSPS) is 22.4. The van der Waals surface area contributed by atoms with Crippen LogP contribution in [0.25, 0.3) is 0 Å². The van der Waals surface area contributed by atoms with Gasteiger partial charge in [0.2, 0.25) is 5.91 Å². The Kier molecular flexibility index (Phi) is 5.18. The van der Waals surface area contributed by atoms with Crippen molar-refractivity contribution < 1.29 is 14.6 Å². The van der Waals surface area contributed by atoms with Crippen molar-refractivity contribution in [1.82, 2.24) is 9.88 Å². The molecule has 2 rings (SSSR count). The molecule has 0 aliphatic carbocycles. The Balaban J connectivity index is 1.90. The van der Waals surface area contributed by atoms with Crippen molar-refractivity contribution in [3.8, 4) is 0 Å². The van der Waals surface area contributed by atoms with Gasteiger partial charge in [0, 0.05) is 23.8 Å². The van der Waals surface area contributed by atoms with E-state index in [2.05, 4.69) is 4.98 Å². The van der Waals surface area contributed by atoms with Gasteiger partial charge in [-0.15, -0.1) is 11.8 Å². The fourth-order valence-electron chi connectivity index (χ4n) is 2.09. The first-order valence-electron chi connectivity index (χ1n) is 6.30. The highest BCUT2D eigenvalue weighted by molar-refractivity contribution is 8.00. The summed E-state index contributed by atoms with van der Waals surface area (Å²) in [5.41, 5.74) is 0. The average molecular weight is 282 g/mol. The van der Waals surface area contributed by atoms with Crippen molar-refractivity contribution in [2.45, 2.75) is 24.0 Å². The van der Waals surface area contributed by atoms with Crippen molar-refractivity contribution >= 4 is 17.7 Å². The van der Waals surface area contributed by atoms with Gasteiger partial charge >= 0.3 is 0 Å². The summed E-state index contributed by atoms with van der Waals surface area (Å²) in [4.78, 5) is 18.9. The molecule has 0 unspecified atom stereocenters. The van der Waals surface area contributed by atoms with E-state index in [1.54, 1.807) is 17.3 Å². The number of ether oxygens (including phenoxy) is 1. The number of pyridine rings is 1. The molecule has 1 aromatic heterocycles.